The van der Waals surface area contributed by atoms with Crippen LogP contribution >= 0.6 is 0 Å². The first-order chi connectivity index (χ1) is 15.3. The van der Waals surface area contributed by atoms with E-state index >= 15 is 0 Å². The quantitative estimate of drug-likeness (QED) is 0.555. The molecule has 31 heavy (non-hydrogen) atoms. The molecule has 10 heteroatoms. The van der Waals surface area contributed by atoms with E-state index in [9.17, 15) is 0 Å². The number of hydrogen-bond donors (Lipinski definition) is 0. The van der Waals surface area contributed by atoms with Gasteiger partial charge in [-0.05, 0) is 36.4 Å². The molecular weight excluding hydrogens is 407 g/mol. The number of fused-ring (bicyclic) bond motifs is 3. The maximum atomic E-state index is 5.96. The summed E-state index contributed by atoms with van der Waals surface area (Å²) in [6, 6.07) is 15.6. The molecule has 0 aliphatic carbocycles. The third kappa shape index (κ3) is 3.52. The van der Waals surface area contributed by atoms with E-state index in [0.717, 1.165) is 0 Å². The van der Waals surface area contributed by atoms with Gasteiger partial charge < -0.3 is 42.4 Å². The standard InChI is InChI=1S/C21H15BO9/c1-4-16-19(26-10-23-16)7-13(1)29-22(30-14-2-5-17-20(8-14)27-11-24-17)31-15-3-6-18-21(9-15)28-12-25-18/h1-9H,10-12H2. The van der Waals surface area contributed by atoms with Gasteiger partial charge in [0, 0.05) is 18.2 Å². The molecule has 9 nitrogen and oxygen atoms in total. The first-order valence-corrected chi connectivity index (χ1v) is 9.49. The summed E-state index contributed by atoms with van der Waals surface area (Å²) in [7, 11) is -1.12. The van der Waals surface area contributed by atoms with Crippen LogP contribution in [0, 0.1) is 0 Å². The van der Waals surface area contributed by atoms with E-state index in [4.69, 9.17) is 42.4 Å². The summed E-state index contributed by atoms with van der Waals surface area (Å²) in [6.07, 6.45) is 0. The molecule has 6 rings (SSSR count). The van der Waals surface area contributed by atoms with Crippen molar-refractivity contribution in [2.45, 2.75) is 0 Å². The average molecular weight is 422 g/mol. The van der Waals surface area contributed by atoms with Gasteiger partial charge in [0.25, 0.3) is 0 Å². The molecule has 3 aliphatic heterocycles. The van der Waals surface area contributed by atoms with Crippen LogP contribution in [0.25, 0.3) is 0 Å². The van der Waals surface area contributed by atoms with Gasteiger partial charge in [0.05, 0.1) is 0 Å². The van der Waals surface area contributed by atoms with Crippen molar-refractivity contribution < 1.29 is 42.4 Å². The lowest BCUT2D eigenvalue weighted by molar-refractivity contribution is 0.173. The summed E-state index contributed by atoms with van der Waals surface area (Å²) in [5.41, 5.74) is 0. The lowest BCUT2D eigenvalue weighted by atomic mass is 10.1. The fourth-order valence-corrected chi connectivity index (χ4v) is 3.26. The Kier molecular flexibility index (Phi) is 4.19. The Labute approximate surface area is 177 Å². The fourth-order valence-electron chi connectivity index (χ4n) is 3.26. The summed E-state index contributed by atoms with van der Waals surface area (Å²) in [5, 5.41) is 0. The lowest BCUT2D eigenvalue weighted by Crippen LogP contribution is -2.36. The van der Waals surface area contributed by atoms with Crippen molar-refractivity contribution in [2.24, 2.45) is 0 Å². The van der Waals surface area contributed by atoms with E-state index < -0.39 is 7.32 Å². The van der Waals surface area contributed by atoms with Crippen molar-refractivity contribution in [3.05, 3.63) is 54.6 Å². The molecule has 156 valence electrons. The molecule has 0 saturated carbocycles. The van der Waals surface area contributed by atoms with Crippen LogP contribution in [-0.4, -0.2) is 27.7 Å². The SMILES string of the molecule is c1cc2c(cc1OB(Oc1ccc3c(c1)OCO3)Oc1ccc3c(c1)OCO3)OCO2. The Morgan fingerprint density at radius 3 is 1.13 bits per heavy atom. The third-order valence-electron chi connectivity index (χ3n) is 4.73. The molecule has 0 atom stereocenters. The zero-order valence-electron chi connectivity index (χ0n) is 16.1. The number of benzene rings is 3. The first-order valence-electron chi connectivity index (χ1n) is 9.49. The Morgan fingerprint density at radius 1 is 0.452 bits per heavy atom. The van der Waals surface area contributed by atoms with Crippen molar-refractivity contribution in [3.8, 4) is 51.7 Å². The molecule has 0 radical (unpaired) electrons. The summed E-state index contributed by atoms with van der Waals surface area (Å²) < 4.78 is 50.2. The minimum atomic E-state index is -1.12. The fraction of sp³-hybridized carbons (Fsp3) is 0.143. The van der Waals surface area contributed by atoms with E-state index in [0.29, 0.717) is 51.7 Å². The molecule has 0 unspecified atom stereocenters. The molecule has 0 N–H and O–H groups in total. The summed E-state index contributed by atoms with van der Waals surface area (Å²) in [4.78, 5) is 0. The van der Waals surface area contributed by atoms with Gasteiger partial charge in [0.1, 0.15) is 17.2 Å². The zero-order chi connectivity index (χ0) is 20.6. The number of rotatable bonds is 6. The molecule has 0 saturated heterocycles. The topological polar surface area (TPSA) is 83.1 Å². The third-order valence-corrected chi connectivity index (χ3v) is 4.73. The predicted molar refractivity (Wildman–Crippen MR) is 105 cm³/mol. The molecule has 3 heterocycles. The maximum Gasteiger partial charge on any atom is 0.864 e. The van der Waals surface area contributed by atoms with Crippen LogP contribution in [-0.2, 0) is 0 Å². The van der Waals surface area contributed by atoms with E-state index in [1.807, 2.05) is 0 Å². The highest BCUT2D eigenvalue weighted by atomic mass is 16.7. The van der Waals surface area contributed by atoms with Crippen LogP contribution in [0.4, 0.5) is 0 Å². The Morgan fingerprint density at radius 2 is 0.774 bits per heavy atom. The molecule has 3 aromatic carbocycles. The Bertz CT molecular complexity index is 994. The molecule has 0 aromatic heterocycles. The highest BCUT2D eigenvalue weighted by Crippen LogP contribution is 2.38. The van der Waals surface area contributed by atoms with Crippen LogP contribution in [0.2, 0.25) is 0 Å². The number of hydrogen-bond acceptors (Lipinski definition) is 9. The lowest BCUT2D eigenvalue weighted by Gasteiger charge is -2.17. The van der Waals surface area contributed by atoms with Crippen LogP contribution in [0.3, 0.4) is 0 Å². The molecule has 0 amide bonds. The maximum absolute atomic E-state index is 5.96. The van der Waals surface area contributed by atoms with Gasteiger partial charge in [0.2, 0.25) is 20.4 Å². The van der Waals surface area contributed by atoms with E-state index in [2.05, 4.69) is 0 Å². The second-order valence-corrected chi connectivity index (χ2v) is 6.69. The van der Waals surface area contributed by atoms with E-state index in [1.54, 1.807) is 54.6 Å². The second kappa shape index (κ2) is 7.31. The van der Waals surface area contributed by atoms with E-state index in [-0.39, 0.29) is 20.4 Å². The highest BCUT2D eigenvalue weighted by molar-refractivity contribution is 6.39. The largest absolute Gasteiger partial charge is 0.864 e. The minimum Gasteiger partial charge on any atom is -0.489 e. The first kappa shape index (κ1) is 17.8. The molecule has 3 aromatic rings. The zero-order valence-corrected chi connectivity index (χ0v) is 16.1. The van der Waals surface area contributed by atoms with Crippen LogP contribution < -0.4 is 42.4 Å². The van der Waals surface area contributed by atoms with Crippen LogP contribution in [0.5, 0.6) is 51.7 Å². The van der Waals surface area contributed by atoms with Gasteiger partial charge in [-0.15, -0.1) is 0 Å². The minimum absolute atomic E-state index is 0.170. The molecule has 0 spiro atoms. The second-order valence-electron chi connectivity index (χ2n) is 6.69. The predicted octanol–water partition coefficient (Wildman–Crippen LogP) is 3.39. The Hall–Kier alpha value is -4.08. The summed E-state index contributed by atoms with van der Waals surface area (Å²) in [6.45, 7) is 0.511. The van der Waals surface area contributed by atoms with E-state index in [1.165, 1.54) is 0 Å². The Balaban J connectivity index is 1.26. The monoisotopic (exact) mass is 422 g/mol. The smallest absolute Gasteiger partial charge is 0.489 e. The van der Waals surface area contributed by atoms with Crippen molar-refractivity contribution >= 4 is 7.32 Å². The van der Waals surface area contributed by atoms with Crippen molar-refractivity contribution in [1.82, 2.24) is 0 Å². The molecule has 3 aliphatic rings. The summed E-state index contributed by atoms with van der Waals surface area (Å²) >= 11 is 0. The normalized spacial score (nSPS) is 14.3. The van der Waals surface area contributed by atoms with Gasteiger partial charge in [-0.25, -0.2) is 0 Å². The number of ether oxygens (including phenoxy) is 6. The van der Waals surface area contributed by atoms with Gasteiger partial charge in [0.15, 0.2) is 34.5 Å². The van der Waals surface area contributed by atoms with Gasteiger partial charge in [-0.2, -0.15) is 0 Å². The van der Waals surface area contributed by atoms with Crippen molar-refractivity contribution in [3.63, 3.8) is 0 Å². The molecule has 0 bridgehead atoms. The van der Waals surface area contributed by atoms with Crippen LogP contribution in [0.15, 0.2) is 54.6 Å². The van der Waals surface area contributed by atoms with Crippen LogP contribution in [0.1, 0.15) is 0 Å². The van der Waals surface area contributed by atoms with Gasteiger partial charge in [-0.1, -0.05) is 0 Å². The summed E-state index contributed by atoms with van der Waals surface area (Å²) in [5.74, 6) is 5.15. The van der Waals surface area contributed by atoms with Crippen molar-refractivity contribution in [1.29, 1.82) is 0 Å². The average Bonchev–Trinajstić information content (AvgIpc) is 3.53. The van der Waals surface area contributed by atoms with Crippen molar-refractivity contribution in [2.75, 3.05) is 20.4 Å². The molecular formula is C21H15BO9. The van der Waals surface area contributed by atoms with Gasteiger partial charge >= 0.3 is 7.32 Å². The highest BCUT2D eigenvalue weighted by Gasteiger charge is 2.32. The molecule has 0 fully saturated rings. The van der Waals surface area contributed by atoms with Gasteiger partial charge in [-0.3, -0.25) is 0 Å².